The smallest absolute Gasteiger partial charge is 0.274 e. The van der Waals surface area contributed by atoms with E-state index in [1.165, 1.54) is 12.1 Å². The number of hydrogen-bond donors (Lipinski definition) is 3. The van der Waals surface area contributed by atoms with Crippen LogP contribution in [-0.4, -0.2) is 46.4 Å². The lowest BCUT2D eigenvalue weighted by atomic mass is 9.60. The fourth-order valence-corrected chi connectivity index (χ4v) is 7.76. The van der Waals surface area contributed by atoms with Crippen LogP contribution >= 0.6 is 34.8 Å². The number of anilines is 1. The molecule has 2 aromatic rings. The van der Waals surface area contributed by atoms with E-state index in [-0.39, 0.29) is 27.6 Å². The third-order valence-electron chi connectivity index (χ3n) is 8.99. The van der Waals surface area contributed by atoms with Crippen molar-refractivity contribution in [1.82, 2.24) is 21.2 Å². The molecule has 0 bridgehead atoms. The number of halogens is 3. The molecule has 2 fully saturated rings. The van der Waals surface area contributed by atoms with Crippen molar-refractivity contribution in [3.8, 4) is 5.75 Å². The summed E-state index contributed by atoms with van der Waals surface area (Å²) in [5.41, 5.74) is 6.89. The predicted molar refractivity (Wildman–Crippen MR) is 175 cm³/mol. The van der Waals surface area contributed by atoms with Gasteiger partial charge in [-0.05, 0) is 81.4 Å². The molecule has 3 N–H and O–H groups in total. The number of hydrazone groups is 1. The Labute approximate surface area is 277 Å². The third kappa shape index (κ3) is 5.67. The number of amidine groups is 1. The number of nitrogens with one attached hydrogen (secondary N) is 3. The van der Waals surface area contributed by atoms with Crippen LogP contribution in [0.4, 0.5) is 5.69 Å². The number of allylic oxidation sites excluding steroid dienone is 2. The van der Waals surface area contributed by atoms with Crippen LogP contribution in [-0.2, 0) is 14.4 Å². The Bertz CT molecular complexity index is 1590. The Morgan fingerprint density at radius 1 is 1.11 bits per heavy atom. The van der Waals surface area contributed by atoms with Gasteiger partial charge in [0.05, 0.1) is 22.2 Å². The van der Waals surface area contributed by atoms with Gasteiger partial charge < -0.3 is 20.3 Å². The first-order valence-corrected chi connectivity index (χ1v) is 16.1. The van der Waals surface area contributed by atoms with E-state index in [0.717, 1.165) is 41.1 Å². The van der Waals surface area contributed by atoms with Gasteiger partial charge >= 0.3 is 0 Å². The van der Waals surface area contributed by atoms with Gasteiger partial charge in [0, 0.05) is 17.4 Å². The number of aryl methyl sites for hydroxylation is 2. The Balaban J connectivity index is 1.17. The summed E-state index contributed by atoms with van der Waals surface area (Å²) in [6.45, 7) is 6.35. The highest BCUT2D eigenvalue weighted by Gasteiger charge is 2.68. The largest absolute Gasteiger partial charge is 0.475 e. The first-order valence-electron chi connectivity index (χ1n) is 15.0. The number of carbonyl (C=O) groups is 2. The van der Waals surface area contributed by atoms with Gasteiger partial charge in [0.1, 0.15) is 11.4 Å². The molecule has 4 aliphatic rings. The molecule has 1 spiro atoms. The lowest BCUT2D eigenvalue weighted by Gasteiger charge is -2.60. The Morgan fingerprint density at radius 3 is 2.56 bits per heavy atom. The topological polar surface area (TPSA) is 108 Å². The summed E-state index contributed by atoms with van der Waals surface area (Å²) in [6, 6.07) is 8.05. The summed E-state index contributed by atoms with van der Waals surface area (Å²) in [4.78, 5) is 33.0. The van der Waals surface area contributed by atoms with Gasteiger partial charge in [-0.2, -0.15) is 10.5 Å². The summed E-state index contributed by atoms with van der Waals surface area (Å²) in [5.74, 6) is 0.645. The molecule has 238 valence electrons. The molecule has 1 aliphatic carbocycles. The molecule has 6 rings (SSSR count). The molecule has 0 aromatic heterocycles. The van der Waals surface area contributed by atoms with E-state index >= 15 is 0 Å². The monoisotopic (exact) mass is 672 g/mol. The lowest BCUT2D eigenvalue weighted by molar-refractivity contribution is -0.179. The van der Waals surface area contributed by atoms with Crippen molar-refractivity contribution in [2.24, 2.45) is 11.0 Å². The second-order valence-corrected chi connectivity index (χ2v) is 13.2. The van der Waals surface area contributed by atoms with Crippen LogP contribution < -0.4 is 26.0 Å². The van der Waals surface area contributed by atoms with E-state index in [0.29, 0.717) is 30.3 Å². The van der Waals surface area contributed by atoms with Gasteiger partial charge in [0.15, 0.2) is 11.9 Å². The number of hydroxylamine groups is 1. The average Bonchev–Trinajstić information content (AvgIpc) is 3.32. The molecule has 4 atom stereocenters. The second-order valence-electron chi connectivity index (χ2n) is 11.9. The highest BCUT2D eigenvalue weighted by molar-refractivity contribution is 6.42. The molecule has 3 aliphatic heterocycles. The fraction of sp³-hybridized carbons (Fsp3) is 0.406. The number of β-lactam (4-membered cyclic amide) rings is 1. The van der Waals surface area contributed by atoms with E-state index in [1.807, 2.05) is 39.0 Å². The molecular formula is C32H35Cl3N6O4. The van der Waals surface area contributed by atoms with Crippen LogP contribution in [0.25, 0.3) is 0 Å². The minimum Gasteiger partial charge on any atom is -0.475 e. The zero-order chi connectivity index (χ0) is 31.9. The maximum atomic E-state index is 13.7. The van der Waals surface area contributed by atoms with Gasteiger partial charge in [-0.3, -0.25) is 9.59 Å². The first-order chi connectivity index (χ1) is 21.6. The fourth-order valence-electron chi connectivity index (χ4n) is 6.78. The molecule has 1 saturated carbocycles. The maximum absolute atomic E-state index is 13.7. The second kappa shape index (κ2) is 12.5. The van der Waals surface area contributed by atoms with Gasteiger partial charge in [-0.25, -0.2) is 5.01 Å². The van der Waals surface area contributed by atoms with Crippen molar-refractivity contribution in [2.45, 2.75) is 70.1 Å². The van der Waals surface area contributed by atoms with Crippen molar-refractivity contribution < 1.29 is 19.2 Å². The summed E-state index contributed by atoms with van der Waals surface area (Å²) in [6.07, 6.45) is 10.9. The summed E-state index contributed by atoms with van der Waals surface area (Å²) in [7, 11) is 0. The van der Waals surface area contributed by atoms with Crippen molar-refractivity contribution in [3.63, 3.8) is 0 Å². The van der Waals surface area contributed by atoms with Crippen LogP contribution in [0.1, 0.15) is 50.2 Å². The van der Waals surface area contributed by atoms with Crippen LogP contribution in [0.2, 0.25) is 15.1 Å². The quantitative estimate of drug-likeness (QED) is 0.235. The predicted octanol–water partition coefficient (Wildman–Crippen LogP) is 5.95. The van der Waals surface area contributed by atoms with E-state index in [4.69, 9.17) is 44.4 Å². The minimum atomic E-state index is -0.972. The van der Waals surface area contributed by atoms with E-state index < -0.39 is 23.1 Å². The van der Waals surface area contributed by atoms with E-state index in [1.54, 1.807) is 23.5 Å². The Morgan fingerprint density at radius 2 is 1.89 bits per heavy atom. The highest BCUT2D eigenvalue weighted by Crippen LogP contribution is 2.50. The molecule has 0 radical (unpaired) electrons. The number of benzene rings is 2. The van der Waals surface area contributed by atoms with Gasteiger partial charge in [0.2, 0.25) is 5.60 Å². The number of amides is 2. The van der Waals surface area contributed by atoms with Crippen LogP contribution in [0.3, 0.4) is 0 Å². The van der Waals surface area contributed by atoms with Crippen molar-refractivity contribution in [1.29, 1.82) is 0 Å². The number of nitrogens with zero attached hydrogens (tertiary/aromatic N) is 3. The minimum absolute atomic E-state index is 0.0853. The van der Waals surface area contributed by atoms with Gasteiger partial charge in [0.25, 0.3) is 11.8 Å². The molecule has 4 unspecified atom stereocenters. The zero-order valence-electron chi connectivity index (χ0n) is 25.2. The normalized spacial score (nSPS) is 27.4. The molecule has 2 aromatic carbocycles. The summed E-state index contributed by atoms with van der Waals surface area (Å²) < 4.78 is 6.60. The van der Waals surface area contributed by atoms with Crippen molar-refractivity contribution in [3.05, 3.63) is 81.1 Å². The standard InChI is InChI=1S/C32H35Cl3N6O4/c1-4-32(45-25-10-9-19(2)14-20(25)3)30(43)37-31(32)11-7-8-21(17-31)18-44-39-26-28(40-13-6-5-12-36-40)38-41(29(26)42)27-23(34)15-22(33)16-24(27)35/h5-6,9-10,12-16,21,26,36,39H,4,7-8,11,17-18H2,1-3H3,(H,37,43). The highest BCUT2D eigenvalue weighted by atomic mass is 35.5. The Kier molecular flexibility index (Phi) is 8.80. The molecule has 2 amide bonds. The molecule has 3 heterocycles. The molecule has 1 saturated heterocycles. The summed E-state index contributed by atoms with van der Waals surface area (Å²) in [5, 5.41) is 11.3. The average molecular weight is 674 g/mol. The van der Waals surface area contributed by atoms with Crippen LogP contribution in [0, 0.1) is 19.8 Å². The van der Waals surface area contributed by atoms with Crippen molar-refractivity contribution in [2.75, 3.05) is 11.6 Å². The Hall–Kier alpha value is -3.28. The van der Waals surface area contributed by atoms with E-state index in [2.05, 4.69) is 27.4 Å². The van der Waals surface area contributed by atoms with E-state index in [9.17, 15) is 9.59 Å². The summed E-state index contributed by atoms with van der Waals surface area (Å²) >= 11 is 19.0. The van der Waals surface area contributed by atoms with Gasteiger partial charge in [-0.15, -0.1) is 5.10 Å². The van der Waals surface area contributed by atoms with Crippen LogP contribution in [0.5, 0.6) is 5.75 Å². The zero-order valence-corrected chi connectivity index (χ0v) is 27.5. The number of hydrogen-bond acceptors (Lipinski definition) is 8. The number of rotatable bonds is 8. The molecule has 10 nitrogen and oxygen atoms in total. The lowest BCUT2D eigenvalue weighted by Crippen LogP contribution is -2.84. The molecular weight excluding hydrogens is 639 g/mol. The molecule has 45 heavy (non-hydrogen) atoms. The third-order valence-corrected chi connectivity index (χ3v) is 9.79. The molecule has 13 heteroatoms. The number of ether oxygens (including phenoxy) is 1. The maximum Gasteiger partial charge on any atom is 0.274 e. The van der Waals surface area contributed by atoms with Crippen molar-refractivity contribution >= 4 is 58.1 Å². The number of carbonyl (C=O) groups excluding carboxylic acids is 2. The number of hydrazine groups is 1. The SMILES string of the molecule is CCC1(Oc2ccc(C)cc2C)C(=O)NC12CCCC(CONC1C(=O)N(c3c(Cl)cc(Cl)cc3Cl)N=C1N1C=CC=CN1)C2. The first kappa shape index (κ1) is 31.7. The van der Waals surface area contributed by atoms with Crippen LogP contribution in [0.15, 0.2) is 60.0 Å². The van der Waals surface area contributed by atoms with Gasteiger partial charge in [-0.1, -0.05) is 65.8 Å².